The predicted molar refractivity (Wildman–Crippen MR) is 67.0 cm³/mol. The summed E-state index contributed by atoms with van der Waals surface area (Å²) in [5, 5.41) is 9.43. The molecular weight excluding hydrogens is 214 g/mol. The molecule has 1 heterocycles. The van der Waals surface area contributed by atoms with Gasteiger partial charge in [0.25, 0.3) is 0 Å². The highest BCUT2D eigenvalue weighted by Gasteiger charge is 2.28. The molecule has 0 unspecified atom stereocenters. The van der Waals surface area contributed by atoms with Gasteiger partial charge in [-0.2, -0.15) is 0 Å². The summed E-state index contributed by atoms with van der Waals surface area (Å²) in [6, 6.07) is 7.35. The minimum absolute atomic E-state index is 0.477. The molecule has 3 nitrogen and oxygen atoms in total. The number of piperidine rings is 1. The van der Waals surface area contributed by atoms with Crippen LogP contribution in [0.25, 0.3) is 0 Å². The summed E-state index contributed by atoms with van der Waals surface area (Å²) in [7, 11) is 0. The van der Waals surface area contributed by atoms with Crippen LogP contribution in [0.2, 0.25) is 0 Å². The number of carboxylic acids is 1. The third-order valence-corrected chi connectivity index (χ3v) is 3.35. The normalized spacial score (nSPS) is 18.9. The number of nitrogens with zero attached hydrogens (tertiary/aromatic N) is 1. The first kappa shape index (κ1) is 12.1. The molecule has 0 saturated carbocycles. The Hall–Kier alpha value is -1.35. The molecule has 0 aliphatic carbocycles. The Morgan fingerprint density at radius 2 is 2.00 bits per heavy atom. The third-order valence-electron chi connectivity index (χ3n) is 3.35. The molecule has 0 radical (unpaired) electrons. The summed E-state index contributed by atoms with van der Waals surface area (Å²) in [6.45, 7) is 3.79. The summed E-state index contributed by atoms with van der Waals surface area (Å²) in [6.07, 6.45) is 3.43. The molecule has 17 heavy (non-hydrogen) atoms. The Morgan fingerprint density at radius 1 is 1.29 bits per heavy atom. The molecule has 1 N–H and O–H groups in total. The molecule has 1 aliphatic rings. The van der Waals surface area contributed by atoms with Gasteiger partial charge in [0.15, 0.2) is 0 Å². The number of aryl methyl sites for hydroxylation is 1. The van der Waals surface area contributed by atoms with Crippen LogP contribution in [0.4, 0.5) is 0 Å². The van der Waals surface area contributed by atoms with Gasteiger partial charge < -0.3 is 5.11 Å². The van der Waals surface area contributed by atoms with Crippen LogP contribution in [0.5, 0.6) is 0 Å². The van der Waals surface area contributed by atoms with Crippen molar-refractivity contribution in [2.24, 2.45) is 0 Å². The molecular formula is C14H19NO2. The van der Waals surface area contributed by atoms with Crippen molar-refractivity contribution in [1.29, 1.82) is 0 Å². The maximum absolute atomic E-state index is 11.5. The first-order valence-corrected chi connectivity index (χ1v) is 6.22. The number of likely N-dealkylation sites (tertiary alicyclic amines) is 1. The van der Waals surface area contributed by atoms with Crippen LogP contribution in [0.1, 0.15) is 36.4 Å². The molecule has 1 aromatic carbocycles. The lowest BCUT2D eigenvalue weighted by atomic mass is 10.0. The highest BCUT2D eigenvalue weighted by atomic mass is 16.4. The van der Waals surface area contributed by atoms with Crippen LogP contribution in [-0.4, -0.2) is 29.1 Å². The van der Waals surface area contributed by atoms with Gasteiger partial charge in [0, 0.05) is 0 Å². The van der Waals surface area contributed by atoms with Crippen molar-refractivity contribution in [2.45, 2.75) is 32.2 Å². The molecule has 0 aromatic heterocycles. The van der Waals surface area contributed by atoms with E-state index in [0.29, 0.717) is 0 Å². The number of carbonyl (C=O) groups is 1. The first-order valence-electron chi connectivity index (χ1n) is 6.22. The average Bonchev–Trinajstić information content (AvgIpc) is 2.30. The van der Waals surface area contributed by atoms with Crippen LogP contribution in [0.3, 0.4) is 0 Å². The maximum atomic E-state index is 11.5. The third kappa shape index (κ3) is 2.86. The van der Waals surface area contributed by atoms with E-state index in [1.165, 1.54) is 6.42 Å². The zero-order chi connectivity index (χ0) is 12.3. The van der Waals surface area contributed by atoms with Gasteiger partial charge in [-0.15, -0.1) is 0 Å². The lowest BCUT2D eigenvalue weighted by molar-refractivity contribution is -0.144. The molecule has 1 fully saturated rings. The number of rotatable bonds is 3. The van der Waals surface area contributed by atoms with Gasteiger partial charge in [0.2, 0.25) is 0 Å². The second kappa shape index (κ2) is 5.32. The summed E-state index contributed by atoms with van der Waals surface area (Å²) in [5.74, 6) is -0.738. The fraction of sp³-hybridized carbons (Fsp3) is 0.500. The van der Waals surface area contributed by atoms with Crippen LogP contribution in [0, 0.1) is 6.92 Å². The molecule has 0 bridgehead atoms. The van der Waals surface area contributed by atoms with Crippen molar-refractivity contribution >= 4 is 5.97 Å². The van der Waals surface area contributed by atoms with E-state index in [1.54, 1.807) is 0 Å². The Labute approximate surface area is 102 Å². The number of hydrogen-bond acceptors (Lipinski definition) is 2. The smallest absolute Gasteiger partial charge is 0.325 e. The quantitative estimate of drug-likeness (QED) is 0.872. The second-order valence-electron chi connectivity index (χ2n) is 4.75. The van der Waals surface area contributed by atoms with Crippen LogP contribution in [-0.2, 0) is 4.79 Å². The topological polar surface area (TPSA) is 40.5 Å². The SMILES string of the molecule is Cc1cccc([C@H](C(=O)O)N2CCCCC2)c1. The summed E-state index contributed by atoms with van der Waals surface area (Å²) >= 11 is 0. The summed E-state index contributed by atoms with van der Waals surface area (Å²) in [4.78, 5) is 13.6. The largest absolute Gasteiger partial charge is 0.480 e. The van der Waals surface area contributed by atoms with Crippen LogP contribution < -0.4 is 0 Å². The molecule has 1 saturated heterocycles. The van der Waals surface area contributed by atoms with Gasteiger partial charge in [-0.1, -0.05) is 36.2 Å². The summed E-state index contributed by atoms with van der Waals surface area (Å²) in [5.41, 5.74) is 2.02. The van der Waals surface area contributed by atoms with E-state index in [9.17, 15) is 9.90 Å². The highest BCUT2D eigenvalue weighted by molar-refractivity contribution is 5.75. The van der Waals surface area contributed by atoms with Crippen molar-refractivity contribution in [1.82, 2.24) is 4.90 Å². The summed E-state index contributed by atoms with van der Waals surface area (Å²) < 4.78 is 0. The standard InChI is InChI=1S/C14H19NO2/c1-11-6-5-7-12(10-11)13(14(16)17)15-8-3-2-4-9-15/h5-7,10,13H,2-4,8-9H2,1H3,(H,16,17)/t13-/m1/s1. The van der Waals surface area contributed by atoms with E-state index in [1.807, 2.05) is 31.2 Å². The van der Waals surface area contributed by atoms with E-state index in [4.69, 9.17) is 0 Å². The average molecular weight is 233 g/mol. The zero-order valence-corrected chi connectivity index (χ0v) is 10.2. The molecule has 1 aromatic rings. The minimum Gasteiger partial charge on any atom is -0.480 e. The van der Waals surface area contributed by atoms with Crippen molar-refractivity contribution in [3.05, 3.63) is 35.4 Å². The second-order valence-corrected chi connectivity index (χ2v) is 4.75. The van der Waals surface area contributed by atoms with Crippen LogP contribution >= 0.6 is 0 Å². The zero-order valence-electron chi connectivity index (χ0n) is 10.2. The van der Waals surface area contributed by atoms with E-state index in [2.05, 4.69) is 4.90 Å². The highest BCUT2D eigenvalue weighted by Crippen LogP contribution is 2.25. The minimum atomic E-state index is -0.738. The lowest BCUT2D eigenvalue weighted by Crippen LogP contribution is -2.37. The van der Waals surface area contributed by atoms with E-state index >= 15 is 0 Å². The van der Waals surface area contributed by atoms with E-state index in [0.717, 1.165) is 37.1 Å². The Kier molecular flexibility index (Phi) is 3.79. The molecule has 92 valence electrons. The van der Waals surface area contributed by atoms with Crippen molar-refractivity contribution < 1.29 is 9.90 Å². The van der Waals surface area contributed by atoms with Gasteiger partial charge >= 0.3 is 5.97 Å². The van der Waals surface area contributed by atoms with Crippen LogP contribution in [0.15, 0.2) is 24.3 Å². The van der Waals surface area contributed by atoms with Gasteiger partial charge in [-0.3, -0.25) is 9.69 Å². The predicted octanol–water partition coefficient (Wildman–Crippen LogP) is 2.61. The van der Waals surface area contributed by atoms with Gasteiger partial charge in [-0.05, 0) is 38.4 Å². The number of carboxylic acid groups (broad SMARTS) is 1. The fourth-order valence-electron chi connectivity index (χ4n) is 2.53. The number of aliphatic carboxylic acids is 1. The Bertz CT molecular complexity index is 397. The molecule has 2 rings (SSSR count). The van der Waals surface area contributed by atoms with Gasteiger partial charge in [0.1, 0.15) is 6.04 Å². The van der Waals surface area contributed by atoms with Crippen molar-refractivity contribution in [3.63, 3.8) is 0 Å². The first-order chi connectivity index (χ1) is 8.18. The maximum Gasteiger partial charge on any atom is 0.325 e. The Morgan fingerprint density at radius 3 is 2.59 bits per heavy atom. The van der Waals surface area contributed by atoms with Crippen molar-refractivity contribution in [2.75, 3.05) is 13.1 Å². The monoisotopic (exact) mass is 233 g/mol. The Balaban J connectivity index is 2.25. The molecule has 1 atom stereocenters. The van der Waals surface area contributed by atoms with E-state index in [-0.39, 0.29) is 0 Å². The van der Waals surface area contributed by atoms with Gasteiger partial charge in [-0.25, -0.2) is 0 Å². The van der Waals surface area contributed by atoms with Crippen molar-refractivity contribution in [3.8, 4) is 0 Å². The lowest BCUT2D eigenvalue weighted by Gasteiger charge is -2.32. The molecule has 0 amide bonds. The number of benzene rings is 1. The van der Waals surface area contributed by atoms with E-state index < -0.39 is 12.0 Å². The molecule has 3 heteroatoms. The van der Waals surface area contributed by atoms with Gasteiger partial charge in [0.05, 0.1) is 0 Å². The number of hydrogen-bond donors (Lipinski definition) is 1. The molecule has 0 spiro atoms. The fourth-order valence-corrected chi connectivity index (χ4v) is 2.53. The molecule has 1 aliphatic heterocycles.